The van der Waals surface area contributed by atoms with Crippen LogP contribution in [0.1, 0.15) is 32.2 Å². The summed E-state index contributed by atoms with van der Waals surface area (Å²) < 4.78 is 0.218. The van der Waals surface area contributed by atoms with Gasteiger partial charge >= 0.3 is 0 Å². The molecule has 0 bridgehead atoms. The summed E-state index contributed by atoms with van der Waals surface area (Å²) in [6.07, 6.45) is 0. The monoisotopic (exact) mass is 339 g/mol. The van der Waals surface area contributed by atoms with Gasteiger partial charge in [-0.2, -0.15) is 0 Å². The lowest BCUT2D eigenvalue weighted by molar-refractivity contribution is 0.803. The lowest BCUT2D eigenvalue weighted by atomic mass is 10.1. The van der Waals surface area contributed by atoms with Crippen molar-refractivity contribution in [2.24, 2.45) is 0 Å². The fourth-order valence-electron chi connectivity index (χ4n) is 2.02. The van der Waals surface area contributed by atoms with Gasteiger partial charge in [-0.05, 0) is 35.4 Å². The van der Waals surface area contributed by atoms with Crippen LogP contribution in [0.4, 0.5) is 0 Å². The molecule has 2 rings (SSSR count). The number of hydrogen-bond acceptors (Lipinski definition) is 2. The van der Waals surface area contributed by atoms with Gasteiger partial charge in [0.15, 0.2) is 0 Å². The lowest BCUT2D eigenvalue weighted by Crippen LogP contribution is -2.06. The molecule has 112 valence electrons. The van der Waals surface area contributed by atoms with E-state index in [0.717, 1.165) is 22.5 Å². The average Bonchev–Trinajstić information content (AvgIpc) is 2.45. The SMILES string of the molecule is CC(C)(C)Sc1ccc(-c2cc(CCl)nc(CCl)c2)cc1. The number of pyridine rings is 1. The third kappa shape index (κ3) is 4.91. The first-order valence-electron chi connectivity index (χ1n) is 6.82. The average molecular weight is 340 g/mol. The van der Waals surface area contributed by atoms with Crippen LogP contribution in [0.2, 0.25) is 0 Å². The molecular weight excluding hydrogens is 321 g/mol. The summed E-state index contributed by atoms with van der Waals surface area (Å²) >= 11 is 13.7. The number of halogens is 2. The predicted molar refractivity (Wildman–Crippen MR) is 94.4 cm³/mol. The van der Waals surface area contributed by atoms with Crippen molar-refractivity contribution in [2.75, 3.05) is 0 Å². The van der Waals surface area contributed by atoms with E-state index in [1.54, 1.807) is 0 Å². The summed E-state index contributed by atoms with van der Waals surface area (Å²) in [4.78, 5) is 5.67. The second-order valence-corrected chi connectivity index (χ2v) is 8.28. The van der Waals surface area contributed by atoms with E-state index < -0.39 is 0 Å². The summed E-state index contributed by atoms with van der Waals surface area (Å²) in [5.74, 6) is 0.797. The van der Waals surface area contributed by atoms with Crippen molar-refractivity contribution in [1.29, 1.82) is 0 Å². The van der Waals surface area contributed by atoms with Crippen molar-refractivity contribution in [1.82, 2.24) is 4.98 Å². The molecule has 0 saturated carbocycles. The van der Waals surface area contributed by atoms with Crippen molar-refractivity contribution < 1.29 is 0 Å². The van der Waals surface area contributed by atoms with Crippen LogP contribution >= 0.6 is 35.0 Å². The highest BCUT2D eigenvalue weighted by molar-refractivity contribution is 8.00. The van der Waals surface area contributed by atoms with Gasteiger partial charge in [0, 0.05) is 9.64 Å². The fourth-order valence-corrected chi connectivity index (χ4v) is 3.28. The first kappa shape index (κ1) is 16.7. The summed E-state index contributed by atoms with van der Waals surface area (Å²) in [6.45, 7) is 6.65. The van der Waals surface area contributed by atoms with Crippen molar-refractivity contribution in [3.63, 3.8) is 0 Å². The molecule has 0 fully saturated rings. The number of aromatic nitrogens is 1. The summed E-state index contributed by atoms with van der Waals surface area (Å²) in [5.41, 5.74) is 3.99. The third-order valence-corrected chi connectivity index (χ3v) is 4.48. The molecule has 1 heterocycles. The molecule has 0 radical (unpaired) electrons. The van der Waals surface area contributed by atoms with Crippen molar-refractivity contribution in [3.8, 4) is 11.1 Å². The van der Waals surface area contributed by atoms with E-state index in [1.165, 1.54) is 4.90 Å². The number of nitrogens with zero attached hydrogens (tertiary/aromatic N) is 1. The molecule has 2 aromatic rings. The molecule has 0 N–H and O–H groups in total. The molecule has 1 aromatic heterocycles. The second kappa shape index (κ2) is 7.04. The zero-order valence-corrected chi connectivity index (χ0v) is 14.8. The molecule has 0 aliphatic carbocycles. The quantitative estimate of drug-likeness (QED) is 0.491. The molecule has 4 heteroatoms. The maximum absolute atomic E-state index is 5.90. The molecule has 0 spiro atoms. The molecule has 0 atom stereocenters. The van der Waals surface area contributed by atoms with Gasteiger partial charge in [0.05, 0.1) is 23.1 Å². The Morgan fingerprint density at radius 3 is 1.86 bits per heavy atom. The van der Waals surface area contributed by atoms with E-state index >= 15 is 0 Å². The standard InChI is InChI=1S/C17H19Cl2NS/c1-17(2,3)21-16-6-4-12(5-7-16)13-8-14(10-18)20-15(9-13)11-19/h4-9H,10-11H2,1-3H3. The maximum atomic E-state index is 5.90. The largest absolute Gasteiger partial charge is 0.255 e. The normalized spacial score (nSPS) is 11.7. The first-order valence-corrected chi connectivity index (χ1v) is 8.71. The number of thioether (sulfide) groups is 1. The molecule has 0 amide bonds. The smallest absolute Gasteiger partial charge is 0.0647 e. The molecule has 0 aliphatic rings. The van der Waals surface area contributed by atoms with E-state index in [1.807, 2.05) is 23.9 Å². The highest BCUT2D eigenvalue weighted by atomic mass is 35.5. The zero-order chi connectivity index (χ0) is 15.5. The minimum absolute atomic E-state index is 0.218. The predicted octanol–water partition coefficient (Wildman–Crippen LogP) is 6.12. The van der Waals surface area contributed by atoms with Crippen LogP contribution in [0.15, 0.2) is 41.3 Å². The van der Waals surface area contributed by atoms with Gasteiger partial charge in [0.25, 0.3) is 0 Å². The van der Waals surface area contributed by atoms with Gasteiger partial charge in [-0.3, -0.25) is 4.98 Å². The van der Waals surface area contributed by atoms with Crippen molar-refractivity contribution in [2.45, 2.75) is 42.2 Å². The highest BCUT2D eigenvalue weighted by Gasteiger charge is 2.12. The second-order valence-electron chi connectivity index (χ2n) is 5.84. The molecule has 0 unspecified atom stereocenters. The molecule has 21 heavy (non-hydrogen) atoms. The summed E-state index contributed by atoms with van der Waals surface area (Å²) in [5, 5.41) is 0. The third-order valence-electron chi connectivity index (χ3n) is 2.82. The van der Waals surface area contributed by atoms with Gasteiger partial charge in [0.2, 0.25) is 0 Å². The van der Waals surface area contributed by atoms with Crippen LogP contribution in [-0.4, -0.2) is 9.73 Å². The number of hydrogen-bond donors (Lipinski definition) is 0. The van der Waals surface area contributed by atoms with E-state index in [4.69, 9.17) is 23.2 Å². The van der Waals surface area contributed by atoms with Crippen LogP contribution in [0.25, 0.3) is 11.1 Å². The number of rotatable bonds is 4. The topological polar surface area (TPSA) is 12.9 Å². The van der Waals surface area contributed by atoms with Gasteiger partial charge in [-0.1, -0.05) is 32.9 Å². The van der Waals surface area contributed by atoms with E-state index in [2.05, 4.69) is 50.0 Å². The Hall–Kier alpha value is -0.700. The highest BCUT2D eigenvalue weighted by Crippen LogP contribution is 2.33. The van der Waals surface area contributed by atoms with Crippen LogP contribution in [0.5, 0.6) is 0 Å². The Balaban J connectivity index is 2.30. The van der Waals surface area contributed by atoms with Gasteiger partial charge in [-0.15, -0.1) is 35.0 Å². The maximum Gasteiger partial charge on any atom is 0.0647 e. The van der Waals surface area contributed by atoms with Crippen LogP contribution in [0.3, 0.4) is 0 Å². The Morgan fingerprint density at radius 1 is 0.905 bits per heavy atom. The molecule has 1 aromatic carbocycles. The van der Waals surface area contributed by atoms with Crippen molar-refractivity contribution in [3.05, 3.63) is 47.8 Å². The van der Waals surface area contributed by atoms with Gasteiger partial charge in [0.1, 0.15) is 0 Å². The zero-order valence-electron chi connectivity index (χ0n) is 12.5. The number of benzene rings is 1. The number of alkyl halides is 2. The van der Waals surface area contributed by atoms with E-state index in [-0.39, 0.29) is 4.75 Å². The Kier molecular flexibility index (Phi) is 5.59. The Bertz CT molecular complexity index is 581. The lowest BCUT2D eigenvalue weighted by Gasteiger charge is -2.17. The molecule has 0 saturated heterocycles. The van der Waals surface area contributed by atoms with Crippen LogP contribution in [0, 0.1) is 0 Å². The van der Waals surface area contributed by atoms with E-state index in [9.17, 15) is 0 Å². The minimum Gasteiger partial charge on any atom is -0.255 e. The van der Waals surface area contributed by atoms with E-state index in [0.29, 0.717) is 11.8 Å². The fraction of sp³-hybridized carbons (Fsp3) is 0.353. The van der Waals surface area contributed by atoms with Crippen LogP contribution < -0.4 is 0 Å². The van der Waals surface area contributed by atoms with Crippen molar-refractivity contribution >= 4 is 35.0 Å². The molecular formula is C17H19Cl2NS. The van der Waals surface area contributed by atoms with Gasteiger partial charge in [-0.25, -0.2) is 0 Å². The van der Waals surface area contributed by atoms with Gasteiger partial charge < -0.3 is 0 Å². The molecule has 0 aliphatic heterocycles. The summed E-state index contributed by atoms with van der Waals surface area (Å²) in [7, 11) is 0. The molecule has 1 nitrogen and oxygen atoms in total. The first-order chi connectivity index (χ1) is 9.91. The Morgan fingerprint density at radius 2 is 1.43 bits per heavy atom. The summed E-state index contributed by atoms with van der Waals surface area (Å²) in [6, 6.07) is 12.6. The minimum atomic E-state index is 0.218. The van der Waals surface area contributed by atoms with Crippen LogP contribution in [-0.2, 0) is 11.8 Å². The Labute approximate surface area is 141 Å².